The molecule has 24 heavy (non-hydrogen) atoms. The molecule has 0 amide bonds. The van der Waals surface area contributed by atoms with Gasteiger partial charge in [0, 0.05) is 40.3 Å². The Morgan fingerprint density at radius 2 is 1.92 bits per heavy atom. The molecule has 1 atom stereocenters. The molecule has 0 aromatic carbocycles. The molecule has 1 aliphatic heterocycles. The third-order valence-electron chi connectivity index (χ3n) is 5.01. The Balaban J connectivity index is 2.06. The molecule has 2 aromatic rings. The number of hydrogen-bond donors (Lipinski definition) is 2. The van der Waals surface area contributed by atoms with Crippen LogP contribution in [0.15, 0.2) is 15.9 Å². The number of fused-ring (bicyclic) bond motifs is 1. The second kappa shape index (κ2) is 6.15. The molecule has 0 saturated carbocycles. The van der Waals surface area contributed by atoms with Gasteiger partial charge in [0.15, 0.2) is 5.52 Å². The number of aryl methyl sites for hydroxylation is 1. The lowest BCUT2D eigenvalue weighted by molar-refractivity contribution is 0.0588. The van der Waals surface area contributed by atoms with Crippen LogP contribution in [0.4, 0.5) is 0 Å². The third kappa shape index (κ3) is 2.58. The monoisotopic (exact) mass is 335 g/mol. The quantitative estimate of drug-likeness (QED) is 0.698. The third-order valence-corrected chi connectivity index (χ3v) is 5.01. The Hall–Kier alpha value is -1.97. The number of nitrogens with two attached hydrogens (primary N) is 1. The summed E-state index contributed by atoms with van der Waals surface area (Å²) >= 11 is 0. The van der Waals surface area contributed by atoms with E-state index in [9.17, 15) is 9.59 Å². The fraction of sp³-hybridized carbons (Fsp3) is 0.667. The summed E-state index contributed by atoms with van der Waals surface area (Å²) in [6, 6.07) is 0. The van der Waals surface area contributed by atoms with E-state index in [0.29, 0.717) is 17.7 Å². The molecule has 3 N–H and O–H groups in total. The van der Waals surface area contributed by atoms with E-state index in [1.165, 1.54) is 11.6 Å². The maximum absolute atomic E-state index is 12.3. The van der Waals surface area contributed by atoms with Crippen LogP contribution in [0.3, 0.4) is 0 Å². The maximum Gasteiger partial charge on any atom is 0.332 e. The molecule has 0 radical (unpaired) electrons. The second-order valence-electron chi connectivity index (χ2n) is 6.44. The average Bonchev–Trinajstić information content (AvgIpc) is 3.02. The van der Waals surface area contributed by atoms with Crippen molar-refractivity contribution < 1.29 is 0 Å². The van der Waals surface area contributed by atoms with Crippen molar-refractivity contribution in [3.63, 3.8) is 0 Å². The molecule has 0 bridgehead atoms. The van der Waals surface area contributed by atoms with Crippen molar-refractivity contribution in [2.45, 2.75) is 25.6 Å². The minimum Gasteiger partial charge on any atom is -0.314 e. The molecule has 9 heteroatoms. The summed E-state index contributed by atoms with van der Waals surface area (Å²) in [5, 5.41) is 3.32. The van der Waals surface area contributed by atoms with Crippen LogP contribution in [0.5, 0.6) is 0 Å². The second-order valence-corrected chi connectivity index (χ2v) is 6.44. The van der Waals surface area contributed by atoms with Crippen LogP contribution < -0.4 is 22.3 Å². The van der Waals surface area contributed by atoms with E-state index < -0.39 is 5.66 Å². The zero-order valence-corrected chi connectivity index (χ0v) is 14.4. The number of aromatic nitrogens is 4. The van der Waals surface area contributed by atoms with Crippen LogP contribution in [-0.2, 0) is 20.6 Å². The molecule has 132 valence electrons. The van der Waals surface area contributed by atoms with Gasteiger partial charge in [0.2, 0.25) is 0 Å². The highest BCUT2D eigenvalue weighted by atomic mass is 16.2. The molecule has 1 aliphatic rings. The minimum absolute atomic E-state index is 0.290. The highest BCUT2D eigenvalue weighted by Gasteiger charge is 2.33. The van der Waals surface area contributed by atoms with Crippen LogP contribution in [0.25, 0.3) is 11.2 Å². The number of nitrogens with one attached hydrogen (secondary N) is 1. The highest BCUT2D eigenvalue weighted by Crippen LogP contribution is 2.19. The van der Waals surface area contributed by atoms with E-state index in [0.717, 1.165) is 37.2 Å². The van der Waals surface area contributed by atoms with E-state index in [2.05, 4.69) is 22.1 Å². The number of imidazole rings is 1. The molecule has 1 unspecified atom stereocenters. The van der Waals surface area contributed by atoms with Crippen LogP contribution in [0.1, 0.15) is 13.3 Å². The van der Waals surface area contributed by atoms with E-state index >= 15 is 0 Å². The zero-order valence-electron chi connectivity index (χ0n) is 14.4. The number of hydrogen-bond acceptors (Lipinski definition) is 6. The standard InChI is InChI=1S/C15H25N7O2/c1-4-15(16,22-7-5-17-6-8-22)9-21-10-18-11-12(21)19(2)14(24)20(3)13(11)23/h10,17H,4-9,16H2,1-3H3. The van der Waals surface area contributed by atoms with Gasteiger partial charge in [-0.05, 0) is 6.42 Å². The normalized spacial score (nSPS) is 18.8. The molecule has 0 spiro atoms. The zero-order chi connectivity index (χ0) is 17.5. The van der Waals surface area contributed by atoms with Gasteiger partial charge in [0.25, 0.3) is 5.56 Å². The SMILES string of the molecule is CCC(N)(Cn1cnc2c(=O)n(C)c(=O)n(C)c21)N1CCNCC1. The largest absolute Gasteiger partial charge is 0.332 e. The molecule has 9 nitrogen and oxygen atoms in total. The fourth-order valence-corrected chi connectivity index (χ4v) is 3.40. The number of rotatable bonds is 4. The lowest BCUT2D eigenvalue weighted by Gasteiger charge is -2.43. The first-order valence-electron chi connectivity index (χ1n) is 8.24. The summed E-state index contributed by atoms with van der Waals surface area (Å²) in [6.45, 7) is 6.08. The van der Waals surface area contributed by atoms with Crippen molar-refractivity contribution in [3.8, 4) is 0 Å². The van der Waals surface area contributed by atoms with Gasteiger partial charge in [-0.3, -0.25) is 18.8 Å². The summed E-state index contributed by atoms with van der Waals surface area (Å²) in [5.41, 5.74) is 6.20. The number of piperazine rings is 1. The molecule has 1 fully saturated rings. The van der Waals surface area contributed by atoms with Gasteiger partial charge in [-0.15, -0.1) is 0 Å². The van der Waals surface area contributed by atoms with Crippen LogP contribution in [0, 0.1) is 0 Å². The Bertz CT molecular complexity index is 859. The van der Waals surface area contributed by atoms with Crippen molar-refractivity contribution in [2.75, 3.05) is 26.2 Å². The van der Waals surface area contributed by atoms with Gasteiger partial charge in [-0.25, -0.2) is 9.78 Å². The van der Waals surface area contributed by atoms with E-state index in [4.69, 9.17) is 5.73 Å². The fourth-order valence-electron chi connectivity index (χ4n) is 3.40. The van der Waals surface area contributed by atoms with Gasteiger partial charge in [-0.2, -0.15) is 0 Å². The predicted octanol–water partition coefficient (Wildman–Crippen LogP) is -1.60. The van der Waals surface area contributed by atoms with Crippen molar-refractivity contribution in [1.82, 2.24) is 28.9 Å². The first kappa shape index (κ1) is 16.9. The van der Waals surface area contributed by atoms with Crippen molar-refractivity contribution >= 4 is 11.2 Å². The van der Waals surface area contributed by atoms with E-state index in [1.54, 1.807) is 13.4 Å². The summed E-state index contributed by atoms with van der Waals surface area (Å²) in [7, 11) is 3.11. The molecule has 3 rings (SSSR count). The molecule has 1 saturated heterocycles. The molecular weight excluding hydrogens is 310 g/mol. The predicted molar refractivity (Wildman–Crippen MR) is 91.9 cm³/mol. The summed E-state index contributed by atoms with van der Waals surface area (Å²) in [4.78, 5) is 31.0. The van der Waals surface area contributed by atoms with Crippen molar-refractivity contribution in [3.05, 3.63) is 27.2 Å². The molecule has 3 heterocycles. The van der Waals surface area contributed by atoms with Gasteiger partial charge in [0.1, 0.15) is 5.65 Å². The Labute approximate surface area is 139 Å². The van der Waals surface area contributed by atoms with Gasteiger partial charge in [0.05, 0.1) is 18.5 Å². The van der Waals surface area contributed by atoms with Crippen molar-refractivity contribution in [2.24, 2.45) is 19.8 Å². The average molecular weight is 335 g/mol. The maximum atomic E-state index is 12.3. The molecule has 2 aromatic heterocycles. The van der Waals surface area contributed by atoms with Gasteiger partial charge in [-0.1, -0.05) is 6.92 Å². The molecular formula is C15H25N7O2. The lowest BCUT2D eigenvalue weighted by Crippen LogP contribution is -2.63. The topological polar surface area (TPSA) is 103 Å². The van der Waals surface area contributed by atoms with Crippen molar-refractivity contribution in [1.29, 1.82) is 0 Å². The van der Waals surface area contributed by atoms with Crippen LogP contribution in [0.2, 0.25) is 0 Å². The Morgan fingerprint density at radius 1 is 1.25 bits per heavy atom. The van der Waals surface area contributed by atoms with Crippen LogP contribution in [-0.4, -0.2) is 55.4 Å². The van der Waals surface area contributed by atoms with Gasteiger partial charge < -0.3 is 15.6 Å². The first-order valence-corrected chi connectivity index (χ1v) is 8.24. The molecule has 0 aliphatic carbocycles. The summed E-state index contributed by atoms with van der Waals surface area (Å²) in [6.07, 6.45) is 2.36. The Kier molecular flexibility index (Phi) is 4.33. The lowest BCUT2D eigenvalue weighted by atomic mass is 10.0. The smallest absolute Gasteiger partial charge is 0.314 e. The van der Waals surface area contributed by atoms with Crippen LogP contribution >= 0.6 is 0 Å². The summed E-state index contributed by atoms with van der Waals surface area (Å²) < 4.78 is 4.35. The highest BCUT2D eigenvalue weighted by molar-refractivity contribution is 5.69. The van der Waals surface area contributed by atoms with Gasteiger partial charge >= 0.3 is 5.69 Å². The van der Waals surface area contributed by atoms with E-state index in [1.807, 2.05) is 4.57 Å². The first-order chi connectivity index (χ1) is 11.4. The Morgan fingerprint density at radius 3 is 2.54 bits per heavy atom. The number of nitrogens with zero attached hydrogens (tertiary/aromatic N) is 5. The minimum atomic E-state index is -0.549. The summed E-state index contributed by atoms with van der Waals surface area (Å²) in [5.74, 6) is 0. The van der Waals surface area contributed by atoms with E-state index in [-0.39, 0.29) is 11.2 Å².